The molecule has 0 radical (unpaired) electrons. The smallest absolute Gasteiger partial charge is 0.170 e. The molecule has 0 aromatic rings. The highest BCUT2D eigenvalue weighted by Gasteiger charge is 2.61. The van der Waals surface area contributed by atoms with E-state index in [1.165, 1.54) is 0 Å². The van der Waals surface area contributed by atoms with E-state index in [9.17, 15) is 15.3 Å². The van der Waals surface area contributed by atoms with Crippen molar-refractivity contribution in [1.29, 1.82) is 0 Å². The van der Waals surface area contributed by atoms with Crippen molar-refractivity contribution < 1.29 is 29.5 Å². The molecular weight excluding hydrogens is 372 g/mol. The Hall–Kier alpha value is -0.240. The van der Waals surface area contributed by atoms with Crippen LogP contribution >= 0.6 is 0 Å². The molecule has 4 aliphatic rings. The maximum absolute atomic E-state index is 10.5. The largest absolute Gasteiger partial charge is 0.396 e. The van der Waals surface area contributed by atoms with E-state index in [0.717, 1.165) is 12.8 Å². The second-order valence-electron chi connectivity index (χ2n) is 11.6. The fraction of sp³-hybridized carbons (Fsp3) is 1.00. The summed E-state index contributed by atoms with van der Waals surface area (Å²) in [4.78, 5) is 0. The number of hydrogen-bond acceptors (Lipinski definition) is 6. The maximum Gasteiger partial charge on any atom is 0.170 e. The van der Waals surface area contributed by atoms with Crippen molar-refractivity contribution in [2.45, 2.75) is 103 Å². The number of hydrogen-bond donors (Lipinski definition) is 3. The third-order valence-electron chi connectivity index (χ3n) is 8.59. The highest BCUT2D eigenvalue weighted by atomic mass is 16.7. The van der Waals surface area contributed by atoms with Crippen LogP contribution in [0.2, 0.25) is 0 Å². The van der Waals surface area contributed by atoms with Crippen LogP contribution in [0.4, 0.5) is 0 Å². The van der Waals surface area contributed by atoms with Crippen molar-refractivity contribution in [3.63, 3.8) is 0 Å². The Bertz CT molecular complexity index is 552. The minimum absolute atomic E-state index is 0.00210. The Kier molecular flexibility index (Phi) is 5.62. The summed E-state index contributed by atoms with van der Waals surface area (Å²) in [7, 11) is 1.66. The van der Waals surface area contributed by atoms with Gasteiger partial charge in [0.1, 0.15) is 0 Å². The van der Waals surface area contributed by atoms with Gasteiger partial charge in [-0.2, -0.15) is 0 Å². The van der Waals surface area contributed by atoms with Crippen molar-refractivity contribution in [3.8, 4) is 0 Å². The van der Waals surface area contributed by atoms with E-state index in [1.54, 1.807) is 7.11 Å². The first kappa shape index (κ1) is 22.0. The summed E-state index contributed by atoms with van der Waals surface area (Å²) >= 11 is 0. The predicted octanol–water partition coefficient (Wildman–Crippen LogP) is 2.48. The van der Waals surface area contributed by atoms with Gasteiger partial charge in [-0.1, -0.05) is 27.7 Å². The van der Waals surface area contributed by atoms with Crippen molar-refractivity contribution in [2.75, 3.05) is 13.7 Å². The molecule has 2 saturated carbocycles. The van der Waals surface area contributed by atoms with Gasteiger partial charge in [0.25, 0.3) is 0 Å². The molecule has 6 heteroatoms. The predicted molar refractivity (Wildman–Crippen MR) is 108 cm³/mol. The molecule has 4 fully saturated rings. The van der Waals surface area contributed by atoms with Gasteiger partial charge in [0.15, 0.2) is 5.79 Å². The van der Waals surface area contributed by atoms with Gasteiger partial charge in [-0.05, 0) is 41.9 Å². The summed E-state index contributed by atoms with van der Waals surface area (Å²) < 4.78 is 19.1. The lowest BCUT2D eigenvalue weighted by atomic mass is 9.58. The average molecular weight is 413 g/mol. The Balaban J connectivity index is 1.61. The summed E-state index contributed by atoms with van der Waals surface area (Å²) in [6.45, 7) is 9.08. The minimum atomic E-state index is -0.655. The number of aliphatic hydroxyl groups is 3. The number of fused-ring (bicyclic) bond motifs is 2. The highest BCUT2D eigenvalue weighted by Crippen LogP contribution is 2.59. The Morgan fingerprint density at radius 2 is 1.34 bits per heavy atom. The number of aliphatic hydroxyl groups excluding tert-OH is 3. The van der Waals surface area contributed by atoms with Gasteiger partial charge in [-0.25, -0.2) is 0 Å². The van der Waals surface area contributed by atoms with Crippen molar-refractivity contribution >= 4 is 0 Å². The van der Waals surface area contributed by atoms with Crippen molar-refractivity contribution in [3.05, 3.63) is 0 Å². The molecule has 29 heavy (non-hydrogen) atoms. The van der Waals surface area contributed by atoms with E-state index in [-0.39, 0.29) is 53.5 Å². The summed E-state index contributed by atoms with van der Waals surface area (Å²) in [6, 6.07) is 0. The number of ether oxygens (including phenoxy) is 3. The molecule has 9 unspecified atom stereocenters. The van der Waals surface area contributed by atoms with Crippen LogP contribution in [0.5, 0.6) is 0 Å². The molecule has 2 saturated heterocycles. The van der Waals surface area contributed by atoms with Crippen LogP contribution in [0.25, 0.3) is 0 Å². The van der Waals surface area contributed by atoms with Crippen LogP contribution in [0.1, 0.15) is 66.2 Å². The molecule has 168 valence electrons. The van der Waals surface area contributed by atoms with Gasteiger partial charge in [0, 0.05) is 38.9 Å². The average Bonchev–Trinajstić information content (AvgIpc) is 2.61. The second kappa shape index (κ2) is 7.42. The lowest BCUT2D eigenvalue weighted by Gasteiger charge is -2.62. The Morgan fingerprint density at radius 1 is 0.828 bits per heavy atom. The molecule has 0 bridgehead atoms. The standard InChI is InChI=1S/C23H40O6/c1-21(2)11-23(28-18-6-13(10-24)16(25)7-14(18)21)12-22(3,4)15-8-17(26)20(27-5)9-19(15)29-23/h13-20,24-26H,6-12H2,1-5H3. The van der Waals surface area contributed by atoms with Crippen LogP contribution in [0.3, 0.4) is 0 Å². The van der Waals surface area contributed by atoms with Gasteiger partial charge in [0.05, 0.1) is 30.5 Å². The molecule has 2 heterocycles. The molecule has 4 rings (SSSR count). The number of methoxy groups -OCH3 is 1. The fourth-order valence-electron chi connectivity index (χ4n) is 7.15. The first-order chi connectivity index (χ1) is 13.5. The zero-order chi connectivity index (χ0) is 21.2. The molecule has 0 amide bonds. The molecule has 0 aromatic carbocycles. The molecule has 6 nitrogen and oxygen atoms in total. The zero-order valence-electron chi connectivity index (χ0n) is 18.6. The molecule has 2 aliphatic carbocycles. The fourth-order valence-corrected chi connectivity index (χ4v) is 7.15. The van der Waals surface area contributed by atoms with Gasteiger partial charge < -0.3 is 29.5 Å². The molecule has 0 aromatic heterocycles. The summed E-state index contributed by atoms with van der Waals surface area (Å²) in [6.07, 6.45) is 3.19. The molecular formula is C23H40O6. The van der Waals surface area contributed by atoms with E-state index in [0.29, 0.717) is 25.7 Å². The topological polar surface area (TPSA) is 88.4 Å². The first-order valence-electron chi connectivity index (χ1n) is 11.4. The molecule has 3 N–H and O–H groups in total. The second-order valence-corrected chi connectivity index (χ2v) is 11.6. The lowest BCUT2D eigenvalue weighted by Crippen LogP contribution is -2.65. The van der Waals surface area contributed by atoms with Crippen molar-refractivity contribution in [2.24, 2.45) is 28.6 Å². The molecule has 2 aliphatic heterocycles. The summed E-state index contributed by atoms with van der Waals surface area (Å²) in [5, 5.41) is 30.7. The molecule has 9 atom stereocenters. The van der Waals surface area contributed by atoms with Crippen LogP contribution in [0.15, 0.2) is 0 Å². The summed E-state index contributed by atoms with van der Waals surface area (Å²) in [5.41, 5.74) is -0.0435. The van der Waals surface area contributed by atoms with Crippen molar-refractivity contribution in [1.82, 2.24) is 0 Å². The SMILES string of the molecule is COC1CC2OC3(CC(C)(C)C4CC(O)C(CO)CC4O3)CC(C)(C)C2CC1O. The minimum Gasteiger partial charge on any atom is -0.396 e. The Labute approximate surface area is 174 Å². The lowest BCUT2D eigenvalue weighted by molar-refractivity contribution is -0.383. The highest BCUT2D eigenvalue weighted by molar-refractivity contribution is 5.06. The normalized spacial score (nSPS) is 51.3. The van der Waals surface area contributed by atoms with Gasteiger partial charge in [-0.3, -0.25) is 0 Å². The van der Waals surface area contributed by atoms with Crippen LogP contribution < -0.4 is 0 Å². The van der Waals surface area contributed by atoms with E-state index in [4.69, 9.17) is 14.2 Å². The van der Waals surface area contributed by atoms with Gasteiger partial charge >= 0.3 is 0 Å². The third-order valence-corrected chi connectivity index (χ3v) is 8.59. The first-order valence-corrected chi connectivity index (χ1v) is 11.4. The number of rotatable bonds is 2. The maximum atomic E-state index is 10.5. The van der Waals surface area contributed by atoms with E-state index in [1.807, 2.05) is 0 Å². The van der Waals surface area contributed by atoms with Gasteiger partial charge in [0.2, 0.25) is 0 Å². The van der Waals surface area contributed by atoms with Gasteiger partial charge in [-0.15, -0.1) is 0 Å². The Morgan fingerprint density at radius 3 is 1.86 bits per heavy atom. The van der Waals surface area contributed by atoms with E-state index >= 15 is 0 Å². The van der Waals surface area contributed by atoms with Crippen LogP contribution in [-0.4, -0.2) is 65.3 Å². The summed E-state index contributed by atoms with van der Waals surface area (Å²) in [5.74, 6) is -0.250. The third kappa shape index (κ3) is 3.79. The van der Waals surface area contributed by atoms with Crippen LogP contribution in [0, 0.1) is 28.6 Å². The monoisotopic (exact) mass is 412 g/mol. The molecule has 1 spiro atoms. The quantitative estimate of drug-likeness (QED) is 0.646. The van der Waals surface area contributed by atoms with E-state index < -0.39 is 18.0 Å². The van der Waals surface area contributed by atoms with Crippen LogP contribution in [-0.2, 0) is 14.2 Å². The zero-order valence-corrected chi connectivity index (χ0v) is 18.6. The van der Waals surface area contributed by atoms with E-state index in [2.05, 4.69) is 27.7 Å².